The van der Waals surface area contributed by atoms with Crippen molar-refractivity contribution in [1.29, 1.82) is 0 Å². The highest BCUT2D eigenvalue weighted by Gasteiger charge is 2.34. The average molecular weight is 333 g/mol. The predicted octanol–water partition coefficient (Wildman–Crippen LogP) is 3.96. The topological polar surface area (TPSA) is 63.2 Å². The fourth-order valence-corrected chi connectivity index (χ4v) is 2.96. The van der Waals surface area contributed by atoms with Gasteiger partial charge in [-0.3, -0.25) is 9.78 Å². The summed E-state index contributed by atoms with van der Waals surface area (Å²) in [5.74, 6) is 0.626. The molecule has 5 heteroatoms. The highest BCUT2D eigenvalue weighted by atomic mass is 16.5. The van der Waals surface area contributed by atoms with Gasteiger partial charge < -0.3 is 15.4 Å². The molecule has 0 saturated heterocycles. The monoisotopic (exact) mass is 333 g/mol. The van der Waals surface area contributed by atoms with Crippen molar-refractivity contribution in [2.24, 2.45) is 0 Å². The number of aromatic nitrogens is 1. The molecule has 0 fully saturated rings. The molecule has 1 amide bonds. The Hall–Kier alpha value is -3.08. The number of hydrogen-bond donors (Lipinski definition) is 2. The number of carbonyl (C=O) groups is 1. The SMILES string of the molecule is CC1(C)Nc2cc(OCc3ccccc3)c3ncccc3c2NC1=O. The van der Waals surface area contributed by atoms with E-state index >= 15 is 0 Å². The first kappa shape index (κ1) is 15.4. The molecule has 2 N–H and O–H groups in total. The maximum absolute atomic E-state index is 12.3. The number of hydrogen-bond acceptors (Lipinski definition) is 4. The Morgan fingerprint density at radius 1 is 1.12 bits per heavy atom. The van der Waals surface area contributed by atoms with Crippen LogP contribution in [0.25, 0.3) is 10.9 Å². The lowest BCUT2D eigenvalue weighted by Gasteiger charge is -2.33. The first-order valence-electron chi connectivity index (χ1n) is 8.23. The molecule has 0 aliphatic carbocycles. The fourth-order valence-electron chi connectivity index (χ4n) is 2.96. The van der Waals surface area contributed by atoms with E-state index in [1.807, 2.05) is 62.4 Å². The molecule has 2 aromatic carbocycles. The van der Waals surface area contributed by atoms with Crippen LogP contribution in [-0.4, -0.2) is 16.4 Å². The minimum absolute atomic E-state index is 0.0666. The molecule has 4 rings (SSSR count). The molecule has 0 saturated carbocycles. The number of carbonyl (C=O) groups excluding carboxylic acids is 1. The largest absolute Gasteiger partial charge is 0.487 e. The van der Waals surface area contributed by atoms with Crippen LogP contribution in [0.15, 0.2) is 54.7 Å². The third kappa shape index (κ3) is 2.78. The maximum atomic E-state index is 12.3. The van der Waals surface area contributed by atoms with Gasteiger partial charge in [0.15, 0.2) is 0 Å². The van der Waals surface area contributed by atoms with Crippen molar-refractivity contribution in [2.45, 2.75) is 26.0 Å². The van der Waals surface area contributed by atoms with E-state index in [0.717, 1.165) is 27.8 Å². The summed E-state index contributed by atoms with van der Waals surface area (Å²) in [5, 5.41) is 7.15. The van der Waals surface area contributed by atoms with Crippen LogP contribution in [0.2, 0.25) is 0 Å². The van der Waals surface area contributed by atoms with Gasteiger partial charge in [-0.15, -0.1) is 0 Å². The zero-order valence-corrected chi connectivity index (χ0v) is 14.2. The van der Waals surface area contributed by atoms with Gasteiger partial charge in [-0.1, -0.05) is 30.3 Å². The number of ether oxygens (including phenoxy) is 1. The second-order valence-corrected chi connectivity index (χ2v) is 6.68. The number of nitrogens with zero attached hydrogens (tertiary/aromatic N) is 1. The molecule has 0 bridgehead atoms. The lowest BCUT2D eigenvalue weighted by atomic mass is 9.98. The van der Waals surface area contributed by atoms with Crippen LogP contribution >= 0.6 is 0 Å². The minimum Gasteiger partial charge on any atom is -0.487 e. The summed E-state index contributed by atoms with van der Waals surface area (Å²) in [6.07, 6.45) is 1.73. The molecule has 0 spiro atoms. The van der Waals surface area contributed by atoms with E-state index in [1.54, 1.807) is 6.20 Å². The third-order valence-electron chi connectivity index (χ3n) is 4.35. The van der Waals surface area contributed by atoms with Crippen molar-refractivity contribution in [3.8, 4) is 5.75 Å². The molecule has 0 atom stereocenters. The molecule has 1 aliphatic rings. The van der Waals surface area contributed by atoms with Crippen LogP contribution in [0.5, 0.6) is 5.75 Å². The van der Waals surface area contributed by atoms with Crippen LogP contribution in [0.3, 0.4) is 0 Å². The average Bonchev–Trinajstić information content (AvgIpc) is 2.62. The smallest absolute Gasteiger partial charge is 0.249 e. The Bertz CT molecular complexity index is 952. The number of pyridine rings is 1. The summed E-state index contributed by atoms with van der Waals surface area (Å²) in [4.78, 5) is 16.8. The highest BCUT2D eigenvalue weighted by molar-refractivity contribution is 6.14. The predicted molar refractivity (Wildman–Crippen MR) is 98.8 cm³/mol. The van der Waals surface area contributed by atoms with Gasteiger partial charge >= 0.3 is 0 Å². The minimum atomic E-state index is -0.681. The Morgan fingerprint density at radius 2 is 1.92 bits per heavy atom. The van der Waals surface area contributed by atoms with Crippen LogP contribution < -0.4 is 15.4 Å². The molecular formula is C20H19N3O2. The molecule has 0 radical (unpaired) electrons. The first-order valence-corrected chi connectivity index (χ1v) is 8.23. The van der Waals surface area contributed by atoms with Crippen molar-refractivity contribution in [3.63, 3.8) is 0 Å². The molecule has 0 unspecified atom stereocenters. The van der Waals surface area contributed by atoms with Crippen molar-refractivity contribution in [3.05, 3.63) is 60.3 Å². The van der Waals surface area contributed by atoms with E-state index < -0.39 is 5.54 Å². The molecule has 126 valence electrons. The summed E-state index contributed by atoms with van der Waals surface area (Å²) in [7, 11) is 0. The number of anilines is 2. The number of nitrogens with one attached hydrogen (secondary N) is 2. The molecule has 1 aromatic heterocycles. The van der Waals surface area contributed by atoms with E-state index in [0.29, 0.717) is 12.4 Å². The summed E-state index contributed by atoms with van der Waals surface area (Å²) in [5.41, 5.74) is 2.73. The summed E-state index contributed by atoms with van der Waals surface area (Å²) in [6, 6.07) is 15.7. The van der Waals surface area contributed by atoms with E-state index in [-0.39, 0.29) is 5.91 Å². The Labute approximate surface area is 146 Å². The number of rotatable bonds is 3. The molecular weight excluding hydrogens is 314 g/mol. The van der Waals surface area contributed by atoms with Crippen molar-refractivity contribution in [2.75, 3.05) is 10.6 Å². The van der Waals surface area contributed by atoms with E-state index in [2.05, 4.69) is 15.6 Å². The van der Waals surface area contributed by atoms with Crippen LogP contribution in [0.4, 0.5) is 11.4 Å². The molecule has 3 aromatic rings. The van der Waals surface area contributed by atoms with Gasteiger partial charge in [0.05, 0.1) is 11.4 Å². The molecule has 25 heavy (non-hydrogen) atoms. The van der Waals surface area contributed by atoms with Gasteiger partial charge in [-0.05, 0) is 31.5 Å². The molecule has 5 nitrogen and oxygen atoms in total. The second-order valence-electron chi connectivity index (χ2n) is 6.68. The second kappa shape index (κ2) is 5.77. The Morgan fingerprint density at radius 3 is 2.72 bits per heavy atom. The standard InChI is InChI=1S/C20H19N3O2/c1-20(2)19(24)22-17-14-9-6-10-21-18(14)16(11-15(17)23-20)25-12-13-7-4-3-5-8-13/h3-11,23H,12H2,1-2H3,(H,22,24). The van der Waals surface area contributed by atoms with Crippen LogP contribution in [0, 0.1) is 0 Å². The fraction of sp³-hybridized carbons (Fsp3) is 0.200. The summed E-state index contributed by atoms with van der Waals surface area (Å²) in [6.45, 7) is 4.16. The Kier molecular flexibility index (Phi) is 3.57. The molecule has 2 heterocycles. The van der Waals surface area contributed by atoms with Crippen LogP contribution in [0.1, 0.15) is 19.4 Å². The van der Waals surface area contributed by atoms with Gasteiger partial charge in [-0.2, -0.15) is 0 Å². The quantitative estimate of drug-likeness (QED) is 0.761. The van der Waals surface area contributed by atoms with Crippen molar-refractivity contribution in [1.82, 2.24) is 4.98 Å². The van der Waals surface area contributed by atoms with Crippen molar-refractivity contribution >= 4 is 28.2 Å². The number of amides is 1. The Balaban J connectivity index is 1.77. The van der Waals surface area contributed by atoms with Crippen LogP contribution in [-0.2, 0) is 11.4 Å². The zero-order chi connectivity index (χ0) is 17.4. The zero-order valence-electron chi connectivity index (χ0n) is 14.2. The van der Waals surface area contributed by atoms with Crippen molar-refractivity contribution < 1.29 is 9.53 Å². The van der Waals surface area contributed by atoms with Gasteiger partial charge in [0, 0.05) is 17.6 Å². The lowest BCUT2D eigenvalue weighted by Crippen LogP contribution is -2.47. The third-order valence-corrected chi connectivity index (χ3v) is 4.35. The maximum Gasteiger partial charge on any atom is 0.249 e. The molecule has 1 aliphatic heterocycles. The van der Waals surface area contributed by atoms with Gasteiger partial charge in [0.2, 0.25) is 5.91 Å². The van der Waals surface area contributed by atoms with E-state index in [1.165, 1.54) is 0 Å². The normalized spacial score (nSPS) is 15.2. The van der Waals surface area contributed by atoms with Gasteiger partial charge in [-0.25, -0.2) is 0 Å². The van der Waals surface area contributed by atoms with Gasteiger partial charge in [0.25, 0.3) is 0 Å². The van der Waals surface area contributed by atoms with Gasteiger partial charge in [0.1, 0.15) is 23.4 Å². The summed E-state index contributed by atoms with van der Waals surface area (Å²) >= 11 is 0. The highest BCUT2D eigenvalue weighted by Crippen LogP contribution is 2.41. The number of fused-ring (bicyclic) bond motifs is 3. The lowest BCUT2D eigenvalue weighted by molar-refractivity contribution is -0.119. The van der Waals surface area contributed by atoms with E-state index in [4.69, 9.17) is 4.74 Å². The number of benzene rings is 2. The van der Waals surface area contributed by atoms with E-state index in [9.17, 15) is 4.79 Å². The summed E-state index contributed by atoms with van der Waals surface area (Å²) < 4.78 is 6.05. The first-order chi connectivity index (χ1) is 12.0.